The van der Waals surface area contributed by atoms with E-state index in [1.165, 1.54) is 0 Å². The summed E-state index contributed by atoms with van der Waals surface area (Å²) in [6, 6.07) is 0. The SMILES string of the molecule is C[CH2][Al]([CH2]C)[O]C(Cl)C(Cl)C(Cl)Cl. The first-order valence-corrected chi connectivity index (χ1v) is 8.09. The Bertz CT molecular complexity index is 132. The summed E-state index contributed by atoms with van der Waals surface area (Å²) in [4.78, 5) is -0.687. The van der Waals surface area contributed by atoms with E-state index < -0.39 is 30.3 Å². The maximum absolute atomic E-state index is 5.89. The number of hydrogen-bond donors (Lipinski definition) is 0. The quantitative estimate of drug-likeness (QED) is 0.528. The van der Waals surface area contributed by atoms with E-state index in [-0.39, 0.29) is 0 Å². The molecule has 0 radical (unpaired) electrons. The minimum atomic E-state index is -1.18. The Labute approximate surface area is 104 Å². The normalized spacial score (nSPS) is 15.9. The fourth-order valence-corrected chi connectivity index (χ4v) is 3.51. The zero-order chi connectivity index (χ0) is 10.4. The lowest BCUT2D eigenvalue weighted by atomic mass is 10.5. The minimum Gasteiger partial charge on any atom is -0.485 e. The molecule has 0 aliphatic carbocycles. The highest BCUT2D eigenvalue weighted by atomic mass is 35.5. The van der Waals surface area contributed by atoms with Gasteiger partial charge in [0.1, 0.15) is 15.8 Å². The minimum absolute atomic E-state index is 0.543. The summed E-state index contributed by atoms with van der Waals surface area (Å²) in [5, 5.41) is 1.54. The third-order valence-corrected chi connectivity index (χ3v) is 6.18. The molecule has 0 heterocycles. The number of hydrogen-bond acceptors (Lipinski definition) is 1. The second kappa shape index (κ2) is 7.88. The van der Waals surface area contributed by atoms with Gasteiger partial charge in [-0.1, -0.05) is 36.0 Å². The molecule has 0 aromatic heterocycles. The Morgan fingerprint density at radius 2 is 1.54 bits per heavy atom. The maximum Gasteiger partial charge on any atom is 0.461 e. The van der Waals surface area contributed by atoms with Crippen molar-refractivity contribution in [1.82, 2.24) is 0 Å². The van der Waals surface area contributed by atoms with Crippen LogP contribution in [-0.2, 0) is 3.79 Å². The van der Waals surface area contributed by atoms with Gasteiger partial charge >= 0.3 is 14.5 Å². The maximum atomic E-state index is 5.89. The lowest BCUT2D eigenvalue weighted by molar-refractivity contribution is 0.279. The van der Waals surface area contributed by atoms with Crippen LogP contribution in [0.1, 0.15) is 13.8 Å². The van der Waals surface area contributed by atoms with Crippen LogP contribution in [0.15, 0.2) is 0 Å². The van der Waals surface area contributed by atoms with Crippen LogP contribution in [-0.4, -0.2) is 30.3 Å². The third kappa shape index (κ3) is 5.95. The predicted octanol–water partition coefficient (Wildman–Crippen LogP) is 4.01. The molecule has 0 aliphatic heterocycles. The molecule has 0 fully saturated rings. The Balaban J connectivity index is 3.89. The van der Waals surface area contributed by atoms with Crippen molar-refractivity contribution in [3.05, 3.63) is 0 Å². The van der Waals surface area contributed by atoms with Crippen LogP contribution in [0.3, 0.4) is 0 Å². The summed E-state index contributed by atoms with van der Waals surface area (Å²) in [5.74, 6) is 0. The Hall–Kier alpha value is 1.65. The third-order valence-electron chi connectivity index (χ3n) is 1.72. The zero-order valence-corrected chi connectivity index (χ0v) is 11.8. The Kier molecular flexibility index (Phi) is 8.88. The van der Waals surface area contributed by atoms with E-state index in [1.54, 1.807) is 0 Å². The smallest absolute Gasteiger partial charge is 0.461 e. The highest BCUT2D eigenvalue weighted by Crippen LogP contribution is 2.23. The standard InChI is InChI=1S/C3H3Cl4O.2C2H5.Al/c4-1(2(5)6)3(7)8;2*1-2;/h1-3H;2*1H2,2H3;/q-1;;;+1. The van der Waals surface area contributed by atoms with Crippen molar-refractivity contribution in [3.63, 3.8) is 0 Å². The van der Waals surface area contributed by atoms with E-state index in [0.29, 0.717) is 0 Å². The highest BCUT2D eigenvalue weighted by Gasteiger charge is 2.27. The van der Waals surface area contributed by atoms with E-state index in [9.17, 15) is 0 Å². The monoisotopic (exact) mass is 280 g/mol. The molecule has 0 aromatic rings. The van der Waals surface area contributed by atoms with Crippen LogP contribution in [0.25, 0.3) is 0 Å². The van der Waals surface area contributed by atoms with E-state index in [0.717, 1.165) is 10.6 Å². The van der Waals surface area contributed by atoms with Gasteiger partial charge in [-0.15, -0.1) is 34.8 Å². The van der Waals surface area contributed by atoms with Gasteiger partial charge in [-0.05, 0) is 0 Å². The van der Waals surface area contributed by atoms with Crippen LogP contribution < -0.4 is 0 Å². The second-order valence-electron chi connectivity index (χ2n) is 2.70. The molecule has 0 spiro atoms. The van der Waals surface area contributed by atoms with Gasteiger partial charge in [0.2, 0.25) is 0 Å². The highest BCUT2D eigenvalue weighted by molar-refractivity contribution is 6.53. The van der Waals surface area contributed by atoms with Crippen molar-refractivity contribution in [2.75, 3.05) is 0 Å². The van der Waals surface area contributed by atoms with E-state index in [4.69, 9.17) is 50.2 Å². The van der Waals surface area contributed by atoms with Gasteiger partial charge in [-0.2, -0.15) is 0 Å². The topological polar surface area (TPSA) is 9.23 Å². The molecule has 0 saturated heterocycles. The van der Waals surface area contributed by atoms with Crippen molar-refractivity contribution in [2.45, 2.75) is 40.2 Å². The lowest BCUT2D eigenvalue weighted by Crippen LogP contribution is -2.30. The van der Waals surface area contributed by atoms with Crippen LogP contribution in [0.5, 0.6) is 0 Å². The van der Waals surface area contributed by atoms with Crippen molar-refractivity contribution in [2.24, 2.45) is 0 Å². The molecule has 0 saturated carbocycles. The summed E-state index contributed by atoms with van der Waals surface area (Å²) >= 11 is 21.7. The van der Waals surface area contributed by atoms with Gasteiger partial charge < -0.3 is 3.79 Å². The Morgan fingerprint density at radius 1 is 1.08 bits per heavy atom. The van der Waals surface area contributed by atoms with Gasteiger partial charge in [-0.3, -0.25) is 0 Å². The average Bonchev–Trinajstić information content (AvgIpc) is 2.12. The van der Waals surface area contributed by atoms with E-state index in [2.05, 4.69) is 13.8 Å². The number of alkyl halides is 4. The van der Waals surface area contributed by atoms with Gasteiger partial charge in [0, 0.05) is 0 Å². The van der Waals surface area contributed by atoms with Crippen molar-refractivity contribution in [1.29, 1.82) is 0 Å². The second-order valence-corrected chi connectivity index (χ2v) is 7.95. The van der Waals surface area contributed by atoms with Crippen LogP contribution in [0.2, 0.25) is 10.6 Å². The molecular formula is C7H13AlCl4O. The average molecular weight is 282 g/mol. The molecule has 1 nitrogen and oxygen atoms in total. The summed E-state index contributed by atoms with van der Waals surface area (Å²) in [6.07, 6.45) is 0. The molecule has 2 atom stereocenters. The van der Waals surface area contributed by atoms with Gasteiger partial charge in [0.15, 0.2) is 0 Å². The number of halogens is 4. The molecule has 13 heavy (non-hydrogen) atoms. The number of rotatable bonds is 6. The first kappa shape index (κ1) is 14.7. The zero-order valence-electron chi connectivity index (χ0n) is 7.64. The van der Waals surface area contributed by atoms with E-state index >= 15 is 0 Å². The molecule has 0 amide bonds. The molecule has 0 aliphatic rings. The van der Waals surface area contributed by atoms with Crippen molar-refractivity contribution in [3.8, 4) is 0 Å². The fourth-order valence-electron chi connectivity index (χ4n) is 0.854. The van der Waals surface area contributed by atoms with Crippen LogP contribution in [0.4, 0.5) is 0 Å². The first-order chi connectivity index (χ1) is 6.02. The summed E-state index contributed by atoms with van der Waals surface area (Å²) in [7, 11) is 0. The molecule has 0 rings (SSSR count). The predicted molar refractivity (Wildman–Crippen MR) is 62.6 cm³/mol. The summed E-state index contributed by atoms with van der Waals surface area (Å²) < 4.78 is 5.58. The van der Waals surface area contributed by atoms with Gasteiger partial charge in [0.05, 0.1) is 0 Å². The van der Waals surface area contributed by atoms with Gasteiger partial charge in [-0.25, -0.2) is 0 Å². The van der Waals surface area contributed by atoms with E-state index in [1.807, 2.05) is 0 Å². The molecule has 6 heteroatoms. The summed E-state index contributed by atoms with van der Waals surface area (Å²) in [6.45, 7) is 4.18. The fraction of sp³-hybridized carbons (Fsp3) is 1.00. The largest absolute Gasteiger partial charge is 0.485 e. The Morgan fingerprint density at radius 3 is 1.85 bits per heavy atom. The van der Waals surface area contributed by atoms with Crippen LogP contribution >= 0.6 is 46.4 Å². The van der Waals surface area contributed by atoms with Crippen LogP contribution in [0, 0.1) is 0 Å². The first-order valence-electron chi connectivity index (χ1n) is 4.24. The van der Waals surface area contributed by atoms with Gasteiger partial charge in [0.25, 0.3) is 0 Å². The molecule has 0 aromatic carbocycles. The van der Waals surface area contributed by atoms with Crippen molar-refractivity contribution < 1.29 is 3.79 Å². The molecule has 2 unspecified atom stereocenters. The lowest BCUT2D eigenvalue weighted by Gasteiger charge is -2.21. The summed E-state index contributed by atoms with van der Waals surface area (Å²) in [5.41, 5.74) is -0.571. The molecular weight excluding hydrogens is 269 g/mol. The molecule has 0 bridgehead atoms. The van der Waals surface area contributed by atoms with Crippen molar-refractivity contribution >= 4 is 60.9 Å². The molecule has 78 valence electrons. The molecule has 0 N–H and O–H groups in total.